The summed E-state index contributed by atoms with van der Waals surface area (Å²) in [6.07, 6.45) is 1.65. The predicted octanol–water partition coefficient (Wildman–Crippen LogP) is 1.12. The van der Waals surface area contributed by atoms with Crippen LogP contribution in [-0.4, -0.2) is 20.7 Å². The largest absolute Gasteiger partial charge is 0.399 e. The maximum absolute atomic E-state index is 12.1. The topological polar surface area (TPSA) is 85.8 Å². The molecule has 3 N–H and O–H groups in total. The highest BCUT2D eigenvalue weighted by Crippen LogP contribution is 2.12. The van der Waals surface area contributed by atoms with Crippen molar-refractivity contribution in [3.8, 4) is 0 Å². The number of rotatable bonds is 4. The van der Waals surface area contributed by atoms with E-state index >= 15 is 0 Å². The molecule has 19 heavy (non-hydrogen) atoms. The van der Waals surface area contributed by atoms with Crippen LogP contribution < -0.4 is 11.1 Å². The summed E-state index contributed by atoms with van der Waals surface area (Å²) < 4.78 is 1.89. The third kappa shape index (κ3) is 2.90. The zero-order valence-electron chi connectivity index (χ0n) is 11.1. The van der Waals surface area contributed by atoms with Gasteiger partial charge in [0.2, 0.25) is 0 Å². The second kappa shape index (κ2) is 5.51. The van der Waals surface area contributed by atoms with Crippen molar-refractivity contribution < 1.29 is 4.79 Å². The van der Waals surface area contributed by atoms with Gasteiger partial charge in [0.25, 0.3) is 5.91 Å². The lowest BCUT2D eigenvalue weighted by molar-refractivity contribution is 0.0949. The zero-order chi connectivity index (χ0) is 13.8. The van der Waals surface area contributed by atoms with Gasteiger partial charge in [-0.3, -0.25) is 4.79 Å². The third-order valence-electron chi connectivity index (χ3n) is 2.94. The summed E-state index contributed by atoms with van der Waals surface area (Å²) in [7, 11) is 0. The summed E-state index contributed by atoms with van der Waals surface area (Å²) in [5.41, 5.74) is 7.79. The lowest BCUT2D eigenvalue weighted by atomic mass is 10.1. The van der Waals surface area contributed by atoms with Crippen LogP contribution >= 0.6 is 0 Å². The number of carbonyl (C=O) groups is 1. The highest BCUT2D eigenvalue weighted by Gasteiger charge is 2.10. The fourth-order valence-corrected chi connectivity index (χ4v) is 1.88. The first kappa shape index (κ1) is 13.1. The van der Waals surface area contributed by atoms with Gasteiger partial charge in [0.05, 0.1) is 6.54 Å². The summed E-state index contributed by atoms with van der Waals surface area (Å²) in [4.78, 5) is 12.1. The average molecular weight is 259 g/mol. The SMILES string of the molecule is CCn1cnnc1CNC(=O)c1ccc(N)cc1C. The van der Waals surface area contributed by atoms with E-state index in [4.69, 9.17) is 5.73 Å². The van der Waals surface area contributed by atoms with Gasteiger partial charge in [-0.2, -0.15) is 0 Å². The van der Waals surface area contributed by atoms with Crippen LogP contribution in [0.1, 0.15) is 28.7 Å². The van der Waals surface area contributed by atoms with Gasteiger partial charge in [0, 0.05) is 17.8 Å². The minimum absolute atomic E-state index is 0.136. The molecule has 1 amide bonds. The second-order valence-electron chi connectivity index (χ2n) is 4.29. The Labute approximate surface area is 111 Å². The fraction of sp³-hybridized carbons (Fsp3) is 0.308. The zero-order valence-corrected chi connectivity index (χ0v) is 11.1. The number of anilines is 1. The Kier molecular flexibility index (Phi) is 3.79. The summed E-state index contributed by atoms with van der Waals surface area (Å²) in [6, 6.07) is 5.23. The van der Waals surface area contributed by atoms with Gasteiger partial charge in [0.15, 0.2) is 5.82 Å². The van der Waals surface area contributed by atoms with Gasteiger partial charge >= 0.3 is 0 Å². The molecule has 0 radical (unpaired) electrons. The Morgan fingerprint density at radius 3 is 2.95 bits per heavy atom. The van der Waals surface area contributed by atoms with Crippen LogP contribution in [0, 0.1) is 6.92 Å². The molecule has 0 saturated heterocycles. The van der Waals surface area contributed by atoms with E-state index in [2.05, 4.69) is 15.5 Å². The first-order valence-corrected chi connectivity index (χ1v) is 6.12. The first-order chi connectivity index (χ1) is 9.11. The van der Waals surface area contributed by atoms with Crippen molar-refractivity contribution in [1.82, 2.24) is 20.1 Å². The van der Waals surface area contributed by atoms with Crippen molar-refractivity contribution in [2.75, 3.05) is 5.73 Å². The molecule has 0 unspecified atom stereocenters. The molecule has 2 rings (SSSR count). The lowest BCUT2D eigenvalue weighted by Crippen LogP contribution is -2.25. The monoisotopic (exact) mass is 259 g/mol. The predicted molar refractivity (Wildman–Crippen MR) is 72.5 cm³/mol. The molecule has 0 atom stereocenters. The number of nitrogens with one attached hydrogen (secondary N) is 1. The fourth-order valence-electron chi connectivity index (χ4n) is 1.88. The number of nitrogens with zero attached hydrogens (tertiary/aromatic N) is 3. The minimum atomic E-state index is -0.136. The average Bonchev–Trinajstić information content (AvgIpc) is 2.83. The van der Waals surface area contributed by atoms with Crippen molar-refractivity contribution in [2.24, 2.45) is 0 Å². The van der Waals surface area contributed by atoms with Crippen molar-refractivity contribution in [2.45, 2.75) is 26.9 Å². The number of nitrogen functional groups attached to an aromatic ring is 1. The summed E-state index contributed by atoms with van der Waals surface area (Å²) in [5.74, 6) is 0.604. The molecule has 1 heterocycles. The number of nitrogens with two attached hydrogens (primary N) is 1. The Balaban J connectivity index is 2.05. The van der Waals surface area contributed by atoms with E-state index in [0.29, 0.717) is 17.8 Å². The molecule has 6 heteroatoms. The van der Waals surface area contributed by atoms with Crippen LogP contribution in [-0.2, 0) is 13.1 Å². The molecule has 0 spiro atoms. The summed E-state index contributed by atoms with van der Waals surface area (Å²) in [5, 5.41) is 10.6. The van der Waals surface area contributed by atoms with E-state index in [1.807, 2.05) is 18.4 Å². The Morgan fingerprint density at radius 2 is 2.26 bits per heavy atom. The maximum Gasteiger partial charge on any atom is 0.251 e. The molecule has 0 aliphatic rings. The number of carbonyl (C=O) groups excluding carboxylic acids is 1. The van der Waals surface area contributed by atoms with Gasteiger partial charge < -0.3 is 15.6 Å². The van der Waals surface area contributed by atoms with Crippen LogP contribution in [0.4, 0.5) is 5.69 Å². The molecular formula is C13H17N5O. The van der Waals surface area contributed by atoms with Gasteiger partial charge in [-0.05, 0) is 37.6 Å². The smallest absolute Gasteiger partial charge is 0.251 e. The van der Waals surface area contributed by atoms with Crippen LogP contribution in [0.25, 0.3) is 0 Å². The molecule has 2 aromatic rings. The molecular weight excluding hydrogens is 242 g/mol. The Bertz CT molecular complexity index is 590. The lowest BCUT2D eigenvalue weighted by Gasteiger charge is -2.08. The highest BCUT2D eigenvalue weighted by molar-refractivity contribution is 5.95. The number of hydrogen-bond acceptors (Lipinski definition) is 4. The Hall–Kier alpha value is -2.37. The highest BCUT2D eigenvalue weighted by atomic mass is 16.1. The van der Waals surface area contributed by atoms with Crippen LogP contribution in [0.2, 0.25) is 0 Å². The van der Waals surface area contributed by atoms with Crippen LogP contribution in [0.15, 0.2) is 24.5 Å². The van der Waals surface area contributed by atoms with Crippen LogP contribution in [0.5, 0.6) is 0 Å². The number of hydrogen-bond donors (Lipinski definition) is 2. The summed E-state index contributed by atoms with van der Waals surface area (Å²) >= 11 is 0. The molecule has 1 aromatic carbocycles. The van der Waals surface area contributed by atoms with Gasteiger partial charge in [-0.25, -0.2) is 0 Å². The van der Waals surface area contributed by atoms with E-state index in [1.54, 1.807) is 24.5 Å². The number of benzene rings is 1. The second-order valence-corrected chi connectivity index (χ2v) is 4.29. The van der Waals surface area contributed by atoms with Gasteiger partial charge in [0.1, 0.15) is 6.33 Å². The number of aryl methyl sites for hydroxylation is 2. The number of aromatic nitrogens is 3. The van der Waals surface area contributed by atoms with E-state index in [-0.39, 0.29) is 5.91 Å². The number of amides is 1. The molecule has 6 nitrogen and oxygen atoms in total. The molecule has 0 bridgehead atoms. The van der Waals surface area contributed by atoms with Gasteiger partial charge in [-0.1, -0.05) is 0 Å². The quantitative estimate of drug-likeness (QED) is 0.806. The molecule has 0 saturated carbocycles. The van der Waals surface area contributed by atoms with Crippen molar-refractivity contribution in [1.29, 1.82) is 0 Å². The van der Waals surface area contributed by atoms with E-state index in [0.717, 1.165) is 17.9 Å². The standard InChI is InChI=1S/C13H17N5O/c1-3-18-8-16-17-12(18)7-15-13(19)11-5-4-10(14)6-9(11)2/h4-6,8H,3,7,14H2,1-2H3,(H,15,19). The Morgan fingerprint density at radius 1 is 1.47 bits per heavy atom. The normalized spacial score (nSPS) is 10.4. The van der Waals surface area contributed by atoms with Crippen LogP contribution in [0.3, 0.4) is 0 Å². The molecule has 0 fully saturated rings. The molecule has 0 aliphatic carbocycles. The molecule has 0 aliphatic heterocycles. The van der Waals surface area contributed by atoms with E-state index in [9.17, 15) is 4.79 Å². The molecule has 100 valence electrons. The van der Waals surface area contributed by atoms with Crippen molar-refractivity contribution in [3.63, 3.8) is 0 Å². The summed E-state index contributed by atoms with van der Waals surface area (Å²) in [6.45, 7) is 4.99. The van der Waals surface area contributed by atoms with E-state index < -0.39 is 0 Å². The maximum atomic E-state index is 12.1. The minimum Gasteiger partial charge on any atom is -0.399 e. The van der Waals surface area contributed by atoms with Gasteiger partial charge in [-0.15, -0.1) is 10.2 Å². The van der Waals surface area contributed by atoms with E-state index in [1.165, 1.54) is 0 Å². The third-order valence-corrected chi connectivity index (χ3v) is 2.94. The molecule has 1 aromatic heterocycles. The van der Waals surface area contributed by atoms with Crippen molar-refractivity contribution in [3.05, 3.63) is 41.5 Å². The van der Waals surface area contributed by atoms with Crippen molar-refractivity contribution >= 4 is 11.6 Å². The first-order valence-electron chi connectivity index (χ1n) is 6.12.